The maximum Gasteiger partial charge on any atom is 0.344 e. The van der Waals surface area contributed by atoms with Crippen LogP contribution in [0.2, 0.25) is 0 Å². The normalized spacial score (nSPS) is 15.3. The number of hydrogen-bond donors (Lipinski definition) is 0. The van der Waals surface area contributed by atoms with Crippen molar-refractivity contribution in [3.05, 3.63) is 105 Å². The van der Waals surface area contributed by atoms with E-state index in [2.05, 4.69) is 26.0 Å². The number of nitrogens with zero attached hydrogens (tertiary/aromatic N) is 4. The zero-order valence-corrected chi connectivity index (χ0v) is 21.0. The molecule has 0 radical (unpaired) electrons. The zero-order valence-electron chi connectivity index (χ0n) is 19.4. The van der Waals surface area contributed by atoms with Crippen LogP contribution in [0.5, 0.6) is 23.1 Å². The first kappa shape index (κ1) is 21.4. The molecule has 0 fully saturated rings. The van der Waals surface area contributed by atoms with Gasteiger partial charge in [-0.25, -0.2) is 19.3 Å². The summed E-state index contributed by atoms with van der Waals surface area (Å²) in [7, 11) is 0. The van der Waals surface area contributed by atoms with Gasteiger partial charge in [0, 0.05) is 10.0 Å². The van der Waals surface area contributed by atoms with Crippen LogP contribution in [0.3, 0.4) is 0 Å². The lowest BCUT2D eigenvalue weighted by atomic mass is 9.84. The lowest BCUT2D eigenvalue weighted by molar-refractivity contribution is 0.174. The van der Waals surface area contributed by atoms with E-state index in [1.54, 1.807) is 16.9 Å². The van der Waals surface area contributed by atoms with E-state index in [9.17, 15) is 4.79 Å². The molecule has 2 aliphatic heterocycles. The van der Waals surface area contributed by atoms with Crippen LogP contribution in [0.1, 0.15) is 22.6 Å². The number of benzene rings is 3. The van der Waals surface area contributed by atoms with E-state index in [1.165, 1.54) is 0 Å². The summed E-state index contributed by atoms with van der Waals surface area (Å²) in [4.78, 5) is 23.0. The third-order valence-electron chi connectivity index (χ3n) is 6.81. The zero-order chi connectivity index (χ0) is 25.4. The average Bonchev–Trinajstić information content (AvgIpc) is 3.59. The summed E-state index contributed by atoms with van der Waals surface area (Å²) in [5, 5.41) is 5.36. The van der Waals surface area contributed by atoms with Gasteiger partial charge in [-0.3, -0.25) is 0 Å². The predicted octanol–water partition coefficient (Wildman–Crippen LogP) is 5.67. The largest absolute Gasteiger partial charge is 0.454 e. The molecule has 0 aliphatic carbocycles. The first-order valence-corrected chi connectivity index (χ1v) is 12.6. The summed E-state index contributed by atoms with van der Waals surface area (Å²) in [6.07, 6.45) is 1.56. The smallest absolute Gasteiger partial charge is 0.344 e. The Morgan fingerprint density at radius 3 is 2.71 bits per heavy atom. The number of rotatable bonds is 2. The molecule has 5 heterocycles. The highest BCUT2D eigenvalue weighted by Crippen LogP contribution is 2.50. The molecule has 1 atom stereocenters. The van der Waals surface area contributed by atoms with Gasteiger partial charge in [0.05, 0.1) is 22.4 Å². The van der Waals surface area contributed by atoms with Gasteiger partial charge in [0.1, 0.15) is 11.9 Å². The molecule has 0 bridgehead atoms. The van der Waals surface area contributed by atoms with Gasteiger partial charge >= 0.3 is 5.63 Å². The molecule has 184 valence electrons. The second-order valence-electron chi connectivity index (χ2n) is 8.92. The van der Waals surface area contributed by atoms with Crippen molar-refractivity contribution in [2.24, 2.45) is 0 Å². The summed E-state index contributed by atoms with van der Waals surface area (Å²) < 4.78 is 25.5. The van der Waals surface area contributed by atoms with Crippen molar-refractivity contribution in [2.75, 3.05) is 6.79 Å². The van der Waals surface area contributed by atoms with Gasteiger partial charge in [0.25, 0.3) is 0 Å². The summed E-state index contributed by atoms with van der Waals surface area (Å²) in [6.45, 7) is 0.177. The Balaban J connectivity index is 1.41. The molecule has 38 heavy (non-hydrogen) atoms. The fraction of sp³-hybridized carbons (Fsp3) is 0.0714. The van der Waals surface area contributed by atoms with Crippen LogP contribution in [-0.4, -0.2) is 26.4 Å². The molecular formula is C28H15BrN4O5. The molecule has 3 aromatic heterocycles. The monoisotopic (exact) mass is 566 g/mol. The van der Waals surface area contributed by atoms with E-state index in [0.717, 1.165) is 15.6 Å². The van der Waals surface area contributed by atoms with Crippen molar-refractivity contribution in [1.82, 2.24) is 19.6 Å². The molecule has 0 spiro atoms. The molecule has 2 aliphatic rings. The highest BCUT2D eigenvalue weighted by Gasteiger charge is 2.38. The van der Waals surface area contributed by atoms with Gasteiger partial charge in [0.2, 0.25) is 12.7 Å². The molecule has 10 heteroatoms. The van der Waals surface area contributed by atoms with Crippen LogP contribution in [0.4, 0.5) is 0 Å². The Labute approximate surface area is 222 Å². The quantitative estimate of drug-likeness (QED) is 0.246. The lowest BCUT2D eigenvalue weighted by Gasteiger charge is -2.27. The van der Waals surface area contributed by atoms with Gasteiger partial charge in [-0.15, -0.1) is 5.10 Å². The molecule has 9 nitrogen and oxygen atoms in total. The van der Waals surface area contributed by atoms with Crippen molar-refractivity contribution >= 4 is 32.5 Å². The van der Waals surface area contributed by atoms with Crippen LogP contribution < -0.4 is 19.8 Å². The second-order valence-corrected chi connectivity index (χ2v) is 9.77. The number of aromatic nitrogens is 4. The van der Waals surface area contributed by atoms with Crippen LogP contribution in [0, 0.1) is 0 Å². The van der Waals surface area contributed by atoms with Crippen molar-refractivity contribution in [2.45, 2.75) is 5.92 Å². The van der Waals surface area contributed by atoms with Crippen molar-refractivity contribution in [3.63, 3.8) is 0 Å². The Bertz CT molecular complexity index is 2000. The summed E-state index contributed by atoms with van der Waals surface area (Å²) in [5.74, 6) is 1.99. The van der Waals surface area contributed by atoms with Crippen LogP contribution in [0.25, 0.3) is 28.0 Å². The van der Waals surface area contributed by atoms with Crippen molar-refractivity contribution < 1.29 is 18.6 Å². The standard InChI is InChI=1S/C28H15BrN4O5/c29-17-7-3-1-5-15(17)21-22-24(16-6-2-4-8-18(16)37-28(22)34)38-27-23(21)26-31-25(32-33(26)12-30-27)14-9-10-19-20(11-14)36-13-35-19/h1-12,21H,13H2. The molecule has 3 aromatic carbocycles. The predicted molar refractivity (Wildman–Crippen MR) is 140 cm³/mol. The Kier molecular flexibility index (Phi) is 4.45. The number of ether oxygens (including phenoxy) is 3. The van der Waals surface area contributed by atoms with Crippen molar-refractivity contribution in [3.8, 4) is 34.5 Å². The number of para-hydroxylation sites is 1. The maximum atomic E-state index is 13.5. The van der Waals surface area contributed by atoms with E-state index >= 15 is 0 Å². The van der Waals surface area contributed by atoms with E-state index in [4.69, 9.17) is 23.6 Å². The van der Waals surface area contributed by atoms with E-state index in [-0.39, 0.29) is 6.79 Å². The fourth-order valence-electron chi connectivity index (χ4n) is 5.11. The average molecular weight is 567 g/mol. The molecule has 6 aromatic rings. The van der Waals surface area contributed by atoms with Gasteiger partial charge in [-0.1, -0.05) is 46.3 Å². The van der Waals surface area contributed by atoms with Crippen LogP contribution >= 0.6 is 15.9 Å². The van der Waals surface area contributed by atoms with Crippen LogP contribution in [0.15, 0.2) is 86.7 Å². The SMILES string of the molecule is O=c1oc2ccccc2c2c1C(c1ccccc1Br)c1c(ncn3nc(-c4ccc5c(c4)OCO5)nc13)O2. The third-order valence-corrected chi connectivity index (χ3v) is 7.53. The number of fused-ring (bicyclic) bond motifs is 7. The Morgan fingerprint density at radius 1 is 0.947 bits per heavy atom. The minimum Gasteiger partial charge on any atom is -0.454 e. The first-order valence-electron chi connectivity index (χ1n) is 11.8. The Hall–Kier alpha value is -4.70. The van der Waals surface area contributed by atoms with Gasteiger partial charge in [-0.2, -0.15) is 0 Å². The van der Waals surface area contributed by atoms with Crippen molar-refractivity contribution in [1.29, 1.82) is 0 Å². The van der Waals surface area contributed by atoms with Gasteiger partial charge in [0.15, 0.2) is 28.7 Å². The Morgan fingerprint density at radius 2 is 1.79 bits per heavy atom. The molecule has 0 N–H and O–H groups in total. The fourth-order valence-corrected chi connectivity index (χ4v) is 5.62. The molecule has 0 amide bonds. The molecular weight excluding hydrogens is 552 g/mol. The maximum absolute atomic E-state index is 13.5. The number of hydrogen-bond acceptors (Lipinski definition) is 8. The third kappa shape index (κ3) is 3.04. The lowest BCUT2D eigenvalue weighted by Crippen LogP contribution is -2.22. The van der Waals surface area contributed by atoms with E-state index in [0.29, 0.717) is 56.7 Å². The molecule has 8 rings (SSSR count). The summed E-state index contributed by atoms with van der Waals surface area (Å²) in [5.41, 5.74) is 3.08. The van der Waals surface area contributed by atoms with Gasteiger partial charge < -0.3 is 18.6 Å². The van der Waals surface area contributed by atoms with E-state index in [1.807, 2.05) is 60.7 Å². The molecule has 0 saturated heterocycles. The van der Waals surface area contributed by atoms with Crippen LogP contribution in [-0.2, 0) is 0 Å². The molecule has 1 unspecified atom stereocenters. The minimum absolute atomic E-state index is 0.177. The topological polar surface area (TPSA) is 101 Å². The number of halogens is 1. The highest BCUT2D eigenvalue weighted by atomic mass is 79.9. The summed E-state index contributed by atoms with van der Waals surface area (Å²) in [6, 6.07) is 20.6. The highest BCUT2D eigenvalue weighted by molar-refractivity contribution is 9.10. The van der Waals surface area contributed by atoms with Gasteiger partial charge in [-0.05, 0) is 42.0 Å². The van der Waals surface area contributed by atoms with E-state index < -0.39 is 11.5 Å². The minimum atomic E-state index is -0.574. The summed E-state index contributed by atoms with van der Waals surface area (Å²) >= 11 is 3.68. The first-order chi connectivity index (χ1) is 18.7. The molecule has 0 saturated carbocycles. The second kappa shape index (κ2) is 7.90.